The molecule has 80 valence electrons. The normalized spacial score (nSPS) is 10.5. The Bertz CT molecular complexity index is 368. The first-order valence-corrected chi connectivity index (χ1v) is 4.04. The average Bonchev–Trinajstić information content (AvgIpc) is 2.12. The molecule has 0 atom stereocenters. The van der Waals surface area contributed by atoms with Crippen molar-refractivity contribution in [2.45, 2.75) is 6.36 Å². The third-order valence-corrected chi connectivity index (χ3v) is 1.46. The van der Waals surface area contributed by atoms with E-state index in [1.165, 1.54) is 18.2 Å². The van der Waals surface area contributed by atoms with E-state index in [0.717, 1.165) is 0 Å². The van der Waals surface area contributed by atoms with E-state index in [1.54, 1.807) is 6.07 Å². The molecular weight excluding hydrogens is 207 g/mol. The lowest BCUT2D eigenvalue weighted by Gasteiger charge is -2.10. The molecule has 5 heteroatoms. The van der Waals surface area contributed by atoms with Gasteiger partial charge in [0.15, 0.2) is 0 Å². The topological polar surface area (TPSA) is 21.3 Å². The van der Waals surface area contributed by atoms with Gasteiger partial charge in [0.2, 0.25) is 0 Å². The number of nitrogens with one attached hydrogen (secondary N) is 1. The molecule has 0 fully saturated rings. The Morgan fingerprint density at radius 2 is 2.13 bits per heavy atom. The third-order valence-electron chi connectivity index (χ3n) is 1.46. The average molecular weight is 215 g/mol. The van der Waals surface area contributed by atoms with Gasteiger partial charge < -0.3 is 10.1 Å². The molecule has 0 saturated heterocycles. The van der Waals surface area contributed by atoms with Crippen LogP contribution in [0.1, 0.15) is 0 Å². The van der Waals surface area contributed by atoms with E-state index in [0.29, 0.717) is 5.69 Å². The van der Waals surface area contributed by atoms with E-state index in [9.17, 15) is 13.2 Å². The molecule has 0 unspecified atom stereocenters. The second kappa shape index (κ2) is 4.60. The van der Waals surface area contributed by atoms with Crippen LogP contribution < -0.4 is 10.1 Å². The summed E-state index contributed by atoms with van der Waals surface area (Å²) in [4.78, 5) is 0. The van der Waals surface area contributed by atoms with Gasteiger partial charge in [-0.1, -0.05) is 12.0 Å². The van der Waals surface area contributed by atoms with E-state index < -0.39 is 6.36 Å². The third kappa shape index (κ3) is 4.27. The fourth-order valence-corrected chi connectivity index (χ4v) is 0.956. The Labute approximate surface area is 85.1 Å². The minimum atomic E-state index is -4.68. The fourth-order valence-electron chi connectivity index (χ4n) is 0.956. The minimum absolute atomic E-state index is 0.246. The molecule has 1 N–H and O–H groups in total. The number of ether oxygens (including phenoxy) is 1. The van der Waals surface area contributed by atoms with Crippen molar-refractivity contribution >= 4 is 5.69 Å². The molecule has 15 heavy (non-hydrogen) atoms. The monoisotopic (exact) mass is 215 g/mol. The fraction of sp³-hybridized carbons (Fsp3) is 0.200. The lowest BCUT2D eigenvalue weighted by Crippen LogP contribution is -2.17. The lowest BCUT2D eigenvalue weighted by atomic mass is 10.3. The molecule has 1 rings (SSSR count). The molecule has 1 aromatic carbocycles. The zero-order valence-corrected chi connectivity index (χ0v) is 7.64. The number of halogens is 3. The van der Waals surface area contributed by atoms with Gasteiger partial charge in [0.1, 0.15) is 5.75 Å². The Balaban J connectivity index is 2.71. The van der Waals surface area contributed by atoms with Gasteiger partial charge in [-0.3, -0.25) is 0 Å². The molecular formula is C10H8F3NO. The molecule has 0 radical (unpaired) electrons. The first-order chi connectivity index (χ1) is 7.01. The summed E-state index contributed by atoms with van der Waals surface area (Å²) in [5.74, 6) is 2.04. The zero-order valence-electron chi connectivity index (χ0n) is 7.64. The predicted octanol–water partition coefficient (Wildman–Crippen LogP) is 2.63. The summed E-state index contributed by atoms with van der Waals surface area (Å²) >= 11 is 0. The van der Waals surface area contributed by atoms with Crippen molar-refractivity contribution < 1.29 is 17.9 Å². The van der Waals surface area contributed by atoms with Crippen LogP contribution >= 0.6 is 0 Å². The van der Waals surface area contributed by atoms with E-state index in [2.05, 4.69) is 16.0 Å². The van der Waals surface area contributed by atoms with Crippen molar-refractivity contribution in [1.82, 2.24) is 0 Å². The first kappa shape index (κ1) is 11.2. The van der Waals surface area contributed by atoms with Gasteiger partial charge in [-0.2, -0.15) is 0 Å². The number of rotatable bonds is 3. The maximum absolute atomic E-state index is 11.9. The molecule has 0 aliphatic heterocycles. The quantitative estimate of drug-likeness (QED) is 0.782. The highest BCUT2D eigenvalue weighted by Gasteiger charge is 2.31. The van der Waals surface area contributed by atoms with Crippen LogP contribution in [0.25, 0.3) is 0 Å². The highest BCUT2D eigenvalue weighted by Crippen LogP contribution is 2.24. The second-order valence-electron chi connectivity index (χ2n) is 2.63. The van der Waals surface area contributed by atoms with Crippen molar-refractivity contribution in [2.75, 3.05) is 11.9 Å². The van der Waals surface area contributed by atoms with Crippen molar-refractivity contribution in [1.29, 1.82) is 0 Å². The van der Waals surface area contributed by atoms with Crippen LogP contribution in [0.5, 0.6) is 5.75 Å². The minimum Gasteiger partial charge on any atom is -0.406 e. The number of hydrogen-bond acceptors (Lipinski definition) is 2. The highest BCUT2D eigenvalue weighted by atomic mass is 19.4. The molecule has 0 aliphatic rings. The van der Waals surface area contributed by atoms with Gasteiger partial charge >= 0.3 is 6.36 Å². The van der Waals surface area contributed by atoms with Crippen LogP contribution in [0.15, 0.2) is 24.3 Å². The summed E-state index contributed by atoms with van der Waals surface area (Å²) in [6.45, 7) is 0.246. The van der Waals surface area contributed by atoms with Gasteiger partial charge in [-0.25, -0.2) is 0 Å². The largest absolute Gasteiger partial charge is 0.573 e. The van der Waals surface area contributed by atoms with Crippen LogP contribution in [-0.2, 0) is 0 Å². The van der Waals surface area contributed by atoms with Crippen LogP contribution in [-0.4, -0.2) is 12.9 Å². The van der Waals surface area contributed by atoms with Gasteiger partial charge in [0, 0.05) is 11.8 Å². The van der Waals surface area contributed by atoms with Crippen molar-refractivity contribution in [3.8, 4) is 18.1 Å². The van der Waals surface area contributed by atoms with Crippen LogP contribution in [0.3, 0.4) is 0 Å². The Morgan fingerprint density at radius 3 is 2.73 bits per heavy atom. The summed E-state index contributed by atoms with van der Waals surface area (Å²) in [5, 5.41) is 2.74. The number of alkyl halides is 3. The smallest absolute Gasteiger partial charge is 0.406 e. The maximum atomic E-state index is 11.9. The Kier molecular flexibility index (Phi) is 3.45. The molecule has 1 aromatic rings. The van der Waals surface area contributed by atoms with Gasteiger partial charge in [0.25, 0.3) is 0 Å². The SMILES string of the molecule is C#CCNc1cccc(OC(F)(F)F)c1. The lowest BCUT2D eigenvalue weighted by molar-refractivity contribution is -0.274. The molecule has 0 spiro atoms. The van der Waals surface area contributed by atoms with Crippen LogP contribution in [0.4, 0.5) is 18.9 Å². The Morgan fingerprint density at radius 1 is 1.40 bits per heavy atom. The number of hydrogen-bond donors (Lipinski definition) is 1. The highest BCUT2D eigenvalue weighted by molar-refractivity contribution is 5.48. The van der Waals surface area contributed by atoms with E-state index in [1.807, 2.05) is 0 Å². The molecule has 0 saturated carbocycles. The maximum Gasteiger partial charge on any atom is 0.573 e. The van der Waals surface area contributed by atoms with Crippen molar-refractivity contribution in [2.24, 2.45) is 0 Å². The Hall–Kier alpha value is -1.83. The number of benzene rings is 1. The van der Waals surface area contributed by atoms with E-state index >= 15 is 0 Å². The zero-order chi connectivity index (χ0) is 11.3. The molecule has 0 aliphatic carbocycles. The molecule has 0 aromatic heterocycles. The van der Waals surface area contributed by atoms with Gasteiger partial charge in [0.05, 0.1) is 6.54 Å². The molecule has 0 heterocycles. The summed E-state index contributed by atoms with van der Waals surface area (Å²) in [6, 6.07) is 5.49. The summed E-state index contributed by atoms with van der Waals surface area (Å²) < 4.78 is 39.3. The predicted molar refractivity (Wildman–Crippen MR) is 50.4 cm³/mol. The summed E-state index contributed by atoms with van der Waals surface area (Å²) in [6.07, 6.45) is 0.317. The second-order valence-corrected chi connectivity index (χ2v) is 2.63. The molecule has 0 amide bonds. The van der Waals surface area contributed by atoms with Crippen molar-refractivity contribution in [3.05, 3.63) is 24.3 Å². The van der Waals surface area contributed by atoms with E-state index in [-0.39, 0.29) is 12.3 Å². The molecule has 2 nitrogen and oxygen atoms in total. The van der Waals surface area contributed by atoms with Crippen LogP contribution in [0.2, 0.25) is 0 Å². The van der Waals surface area contributed by atoms with Gasteiger partial charge in [-0.15, -0.1) is 19.6 Å². The first-order valence-electron chi connectivity index (χ1n) is 4.04. The van der Waals surface area contributed by atoms with Crippen LogP contribution in [0, 0.1) is 12.3 Å². The molecule has 0 bridgehead atoms. The van der Waals surface area contributed by atoms with Gasteiger partial charge in [-0.05, 0) is 12.1 Å². The standard InChI is InChI=1S/C10H8F3NO/c1-2-6-14-8-4-3-5-9(7-8)15-10(11,12)13/h1,3-5,7,14H,6H2. The van der Waals surface area contributed by atoms with E-state index in [4.69, 9.17) is 6.42 Å². The number of anilines is 1. The van der Waals surface area contributed by atoms with Crippen molar-refractivity contribution in [3.63, 3.8) is 0 Å². The summed E-state index contributed by atoms with van der Waals surface area (Å²) in [5.41, 5.74) is 0.481. The summed E-state index contributed by atoms with van der Waals surface area (Å²) in [7, 11) is 0. The number of terminal acetylenes is 1.